The van der Waals surface area contributed by atoms with Crippen molar-refractivity contribution in [1.82, 2.24) is 10.2 Å². The van der Waals surface area contributed by atoms with E-state index in [0.717, 1.165) is 12.8 Å². The first-order valence-corrected chi connectivity index (χ1v) is 9.75. The Labute approximate surface area is 161 Å². The Hall–Kier alpha value is -2.37. The third-order valence-electron chi connectivity index (χ3n) is 4.69. The van der Waals surface area contributed by atoms with E-state index in [1.807, 2.05) is 13.8 Å². The molecule has 1 fully saturated rings. The van der Waals surface area contributed by atoms with Crippen LogP contribution in [0.25, 0.3) is 0 Å². The van der Waals surface area contributed by atoms with Gasteiger partial charge < -0.3 is 15.5 Å². The monoisotopic (exact) mass is 373 g/mol. The molecule has 6 nitrogen and oxygen atoms in total. The first kappa shape index (κ1) is 20.9. The lowest BCUT2D eigenvalue weighted by molar-refractivity contribution is -0.126. The maximum absolute atomic E-state index is 12.8. The molecule has 1 unspecified atom stereocenters. The Kier molecular flexibility index (Phi) is 7.39. The molecule has 148 valence electrons. The summed E-state index contributed by atoms with van der Waals surface area (Å²) in [4.78, 5) is 38.6. The highest BCUT2D eigenvalue weighted by Crippen LogP contribution is 2.20. The molecule has 6 heteroatoms. The Balaban J connectivity index is 1.96. The maximum Gasteiger partial charge on any atom is 0.253 e. The molecule has 3 amide bonds. The normalized spacial score (nSPS) is 17.1. The van der Waals surface area contributed by atoms with E-state index in [4.69, 9.17) is 0 Å². The van der Waals surface area contributed by atoms with Gasteiger partial charge in [0.1, 0.15) is 0 Å². The van der Waals surface area contributed by atoms with E-state index in [2.05, 4.69) is 24.5 Å². The van der Waals surface area contributed by atoms with Crippen molar-refractivity contribution in [3.8, 4) is 0 Å². The number of anilines is 1. The number of nitrogens with zero attached hydrogens (tertiary/aromatic N) is 1. The zero-order valence-corrected chi connectivity index (χ0v) is 16.7. The molecule has 0 aliphatic carbocycles. The fourth-order valence-electron chi connectivity index (χ4n) is 2.99. The van der Waals surface area contributed by atoms with Crippen molar-refractivity contribution in [1.29, 1.82) is 0 Å². The van der Waals surface area contributed by atoms with Crippen molar-refractivity contribution < 1.29 is 14.4 Å². The topological polar surface area (TPSA) is 78.5 Å². The van der Waals surface area contributed by atoms with E-state index in [9.17, 15) is 14.4 Å². The summed E-state index contributed by atoms with van der Waals surface area (Å²) in [5, 5.41) is 5.78. The van der Waals surface area contributed by atoms with E-state index in [1.165, 1.54) is 0 Å². The molecule has 0 aromatic heterocycles. The largest absolute Gasteiger partial charge is 0.356 e. The van der Waals surface area contributed by atoms with Crippen LogP contribution in [0.15, 0.2) is 24.3 Å². The molecule has 2 rings (SSSR count). The van der Waals surface area contributed by atoms with Crippen LogP contribution >= 0.6 is 0 Å². The average Bonchev–Trinajstić information content (AvgIpc) is 2.66. The summed E-state index contributed by atoms with van der Waals surface area (Å²) in [5.41, 5.74) is 1.25. The molecule has 2 N–H and O–H groups in total. The Morgan fingerprint density at radius 1 is 1.11 bits per heavy atom. The van der Waals surface area contributed by atoms with Gasteiger partial charge in [0.2, 0.25) is 11.8 Å². The lowest BCUT2D eigenvalue weighted by Crippen LogP contribution is -2.46. The number of carbonyl (C=O) groups excluding carboxylic acids is 3. The number of benzene rings is 1. The van der Waals surface area contributed by atoms with Crippen molar-refractivity contribution >= 4 is 23.4 Å². The van der Waals surface area contributed by atoms with Gasteiger partial charge in [-0.25, -0.2) is 0 Å². The van der Waals surface area contributed by atoms with Gasteiger partial charge in [-0.3, -0.25) is 14.4 Å². The number of carbonyl (C=O) groups is 3. The van der Waals surface area contributed by atoms with Crippen LogP contribution in [0, 0.1) is 17.8 Å². The number of piperidine rings is 1. The fourth-order valence-corrected chi connectivity index (χ4v) is 2.99. The Morgan fingerprint density at radius 3 is 2.37 bits per heavy atom. The number of hydrogen-bond acceptors (Lipinski definition) is 3. The Morgan fingerprint density at radius 2 is 1.78 bits per heavy atom. The summed E-state index contributed by atoms with van der Waals surface area (Å²) in [6.07, 6.45) is 1.64. The zero-order valence-electron chi connectivity index (χ0n) is 16.7. The molecule has 1 aromatic rings. The van der Waals surface area contributed by atoms with E-state index in [0.29, 0.717) is 36.8 Å². The predicted molar refractivity (Wildman–Crippen MR) is 106 cm³/mol. The average molecular weight is 373 g/mol. The minimum absolute atomic E-state index is 0.0351. The van der Waals surface area contributed by atoms with Gasteiger partial charge in [0.05, 0.1) is 5.92 Å². The zero-order chi connectivity index (χ0) is 20.0. The van der Waals surface area contributed by atoms with Gasteiger partial charge in [-0.15, -0.1) is 0 Å². The number of hydrogen-bond donors (Lipinski definition) is 2. The number of amides is 3. The molecule has 1 aliphatic heterocycles. The van der Waals surface area contributed by atoms with Crippen LogP contribution in [0.5, 0.6) is 0 Å². The molecule has 1 aliphatic rings. The first-order chi connectivity index (χ1) is 12.8. The van der Waals surface area contributed by atoms with Gasteiger partial charge in [-0.05, 0) is 43.0 Å². The van der Waals surface area contributed by atoms with Crippen LogP contribution in [-0.4, -0.2) is 42.3 Å². The van der Waals surface area contributed by atoms with Gasteiger partial charge in [0.25, 0.3) is 5.91 Å². The first-order valence-electron chi connectivity index (χ1n) is 9.75. The highest BCUT2D eigenvalue weighted by molar-refractivity contribution is 5.96. The van der Waals surface area contributed by atoms with Crippen molar-refractivity contribution in [2.45, 2.75) is 40.5 Å². The molecule has 0 saturated carbocycles. The van der Waals surface area contributed by atoms with Gasteiger partial charge in [-0.2, -0.15) is 0 Å². The summed E-state index contributed by atoms with van der Waals surface area (Å²) in [7, 11) is 0. The standard InChI is InChI=1S/C21H31N3O3/c1-14(2)12-22-20(26)17-6-5-11-24(13-17)21(27)16-7-9-18(10-8-16)23-19(25)15(3)4/h7-10,14-15,17H,5-6,11-13H2,1-4H3,(H,22,26)(H,23,25). The number of nitrogens with one attached hydrogen (secondary N) is 2. The van der Waals surface area contributed by atoms with Gasteiger partial charge in [-0.1, -0.05) is 27.7 Å². The summed E-state index contributed by atoms with van der Waals surface area (Å²) < 4.78 is 0. The second-order valence-corrected chi connectivity index (χ2v) is 7.95. The van der Waals surface area contributed by atoms with Crippen LogP contribution in [0.4, 0.5) is 5.69 Å². The van der Waals surface area contributed by atoms with Crippen molar-refractivity contribution in [2.75, 3.05) is 25.0 Å². The van der Waals surface area contributed by atoms with Crippen LogP contribution in [0.1, 0.15) is 50.9 Å². The highest BCUT2D eigenvalue weighted by atomic mass is 16.2. The molecule has 0 bridgehead atoms. The summed E-state index contributed by atoms with van der Waals surface area (Å²) in [6.45, 7) is 9.56. The van der Waals surface area contributed by atoms with E-state index >= 15 is 0 Å². The van der Waals surface area contributed by atoms with Gasteiger partial charge >= 0.3 is 0 Å². The summed E-state index contributed by atoms with van der Waals surface area (Å²) in [5.74, 6) is 0.0702. The second kappa shape index (κ2) is 9.53. The third kappa shape index (κ3) is 6.08. The van der Waals surface area contributed by atoms with E-state index in [-0.39, 0.29) is 29.6 Å². The van der Waals surface area contributed by atoms with Crippen molar-refractivity contribution in [3.63, 3.8) is 0 Å². The molecule has 27 heavy (non-hydrogen) atoms. The summed E-state index contributed by atoms with van der Waals surface area (Å²) >= 11 is 0. The molecule has 0 spiro atoms. The molecule has 1 saturated heterocycles. The minimum atomic E-state index is -0.147. The molecule has 1 aromatic carbocycles. The highest BCUT2D eigenvalue weighted by Gasteiger charge is 2.28. The lowest BCUT2D eigenvalue weighted by Gasteiger charge is -2.32. The number of rotatable bonds is 6. The third-order valence-corrected chi connectivity index (χ3v) is 4.69. The van der Waals surface area contributed by atoms with Crippen LogP contribution < -0.4 is 10.6 Å². The number of likely N-dealkylation sites (tertiary alicyclic amines) is 1. The predicted octanol–water partition coefficient (Wildman–Crippen LogP) is 2.91. The quantitative estimate of drug-likeness (QED) is 0.805. The van der Waals surface area contributed by atoms with Crippen molar-refractivity contribution in [3.05, 3.63) is 29.8 Å². The minimum Gasteiger partial charge on any atom is -0.356 e. The molecule has 0 radical (unpaired) electrons. The fraction of sp³-hybridized carbons (Fsp3) is 0.571. The molecular formula is C21H31N3O3. The Bertz CT molecular complexity index is 668. The van der Waals surface area contributed by atoms with E-state index < -0.39 is 0 Å². The summed E-state index contributed by atoms with van der Waals surface area (Å²) in [6, 6.07) is 6.93. The SMILES string of the molecule is CC(C)CNC(=O)C1CCCN(C(=O)c2ccc(NC(=O)C(C)C)cc2)C1. The van der Waals surface area contributed by atoms with E-state index in [1.54, 1.807) is 29.2 Å². The van der Waals surface area contributed by atoms with Gasteiger partial charge in [0.15, 0.2) is 0 Å². The molecule has 1 atom stereocenters. The maximum atomic E-state index is 12.8. The van der Waals surface area contributed by atoms with Crippen LogP contribution in [-0.2, 0) is 9.59 Å². The van der Waals surface area contributed by atoms with Crippen LogP contribution in [0.3, 0.4) is 0 Å². The second-order valence-electron chi connectivity index (χ2n) is 7.95. The lowest BCUT2D eigenvalue weighted by atomic mass is 9.96. The molecular weight excluding hydrogens is 342 g/mol. The molecule has 1 heterocycles. The van der Waals surface area contributed by atoms with Gasteiger partial charge in [0, 0.05) is 36.8 Å². The van der Waals surface area contributed by atoms with Crippen molar-refractivity contribution in [2.24, 2.45) is 17.8 Å². The smallest absolute Gasteiger partial charge is 0.253 e. The van der Waals surface area contributed by atoms with Crippen LogP contribution in [0.2, 0.25) is 0 Å².